The summed E-state index contributed by atoms with van der Waals surface area (Å²) in [4.78, 5) is 38.8. The number of amides is 3. The quantitative estimate of drug-likeness (QED) is 0.743. The summed E-state index contributed by atoms with van der Waals surface area (Å²) < 4.78 is 13.1. The monoisotopic (exact) mass is 405 g/mol. The van der Waals surface area contributed by atoms with Crippen molar-refractivity contribution in [2.45, 2.75) is 32.9 Å². The third-order valence-electron chi connectivity index (χ3n) is 3.63. The zero-order valence-electron chi connectivity index (χ0n) is 16.1. The Bertz CT molecular complexity index is 814. The van der Waals surface area contributed by atoms with E-state index in [1.165, 1.54) is 28.4 Å². The van der Waals surface area contributed by atoms with Gasteiger partial charge in [-0.3, -0.25) is 14.4 Å². The fourth-order valence-electron chi connectivity index (χ4n) is 2.44. The molecule has 8 heteroatoms. The number of hydrogen-bond donors (Lipinski definition) is 2. The normalized spacial score (nSPS) is 11.0. The van der Waals surface area contributed by atoms with Crippen molar-refractivity contribution in [2.75, 3.05) is 13.1 Å². The van der Waals surface area contributed by atoms with E-state index in [1.807, 2.05) is 20.8 Å². The van der Waals surface area contributed by atoms with Gasteiger partial charge in [-0.15, -0.1) is 11.3 Å². The van der Waals surface area contributed by atoms with Crippen LogP contribution >= 0.6 is 11.3 Å². The van der Waals surface area contributed by atoms with Crippen molar-refractivity contribution >= 4 is 29.1 Å². The molecule has 0 atom stereocenters. The molecule has 2 N–H and O–H groups in total. The fraction of sp³-hybridized carbons (Fsp3) is 0.350. The maximum Gasteiger partial charge on any atom is 0.261 e. The van der Waals surface area contributed by atoms with Crippen molar-refractivity contribution in [3.63, 3.8) is 0 Å². The number of nitrogens with one attached hydrogen (secondary N) is 2. The number of rotatable bonds is 7. The van der Waals surface area contributed by atoms with Gasteiger partial charge in [0, 0.05) is 12.1 Å². The molecule has 0 fully saturated rings. The number of carbonyl (C=O) groups excluding carboxylic acids is 3. The number of hydrogen-bond acceptors (Lipinski definition) is 4. The molecule has 0 unspecified atom stereocenters. The number of thiophene rings is 1. The Morgan fingerprint density at radius 1 is 1.11 bits per heavy atom. The lowest BCUT2D eigenvalue weighted by Gasteiger charge is -2.26. The van der Waals surface area contributed by atoms with Crippen molar-refractivity contribution in [2.24, 2.45) is 0 Å². The van der Waals surface area contributed by atoms with Crippen LogP contribution < -0.4 is 10.6 Å². The number of halogens is 1. The minimum atomic E-state index is -0.435. The predicted octanol–water partition coefficient (Wildman–Crippen LogP) is 2.56. The summed E-state index contributed by atoms with van der Waals surface area (Å²) in [7, 11) is 0. The van der Waals surface area contributed by atoms with Crippen LogP contribution in [0.25, 0.3) is 0 Å². The Labute approximate surface area is 167 Å². The topological polar surface area (TPSA) is 78.5 Å². The van der Waals surface area contributed by atoms with Crippen LogP contribution in [0.2, 0.25) is 0 Å². The minimum Gasteiger partial charge on any atom is -0.350 e. The molecule has 0 radical (unpaired) electrons. The maximum atomic E-state index is 13.1. The van der Waals surface area contributed by atoms with Crippen LogP contribution in [0.3, 0.4) is 0 Å². The van der Waals surface area contributed by atoms with Crippen LogP contribution in [0.1, 0.15) is 36.0 Å². The first-order chi connectivity index (χ1) is 13.1. The molecule has 6 nitrogen and oxygen atoms in total. The fourth-order valence-corrected chi connectivity index (χ4v) is 3.08. The van der Waals surface area contributed by atoms with Crippen molar-refractivity contribution < 1.29 is 18.8 Å². The largest absolute Gasteiger partial charge is 0.350 e. The summed E-state index contributed by atoms with van der Waals surface area (Å²) in [5, 5.41) is 7.15. The van der Waals surface area contributed by atoms with Gasteiger partial charge >= 0.3 is 0 Å². The molecule has 3 amide bonds. The number of benzene rings is 1. The lowest BCUT2D eigenvalue weighted by atomic mass is 10.1. The van der Waals surface area contributed by atoms with Crippen LogP contribution in [-0.2, 0) is 16.1 Å². The second-order valence-corrected chi connectivity index (χ2v) is 8.28. The van der Waals surface area contributed by atoms with Gasteiger partial charge in [0.1, 0.15) is 5.82 Å². The van der Waals surface area contributed by atoms with Gasteiger partial charge in [-0.25, -0.2) is 4.39 Å². The summed E-state index contributed by atoms with van der Waals surface area (Å²) >= 11 is 1.28. The van der Waals surface area contributed by atoms with E-state index in [9.17, 15) is 18.8 Å². The third-order valence-corrected chi connectivity index (χ3v) is 4.50. The second kappa shape index (κ2) is 9.45. The molecule has 1 aromatic heterocycles. The standard InChI is InChI=1S/C20H24FN3O3S/c1-20(2,3)23-17(25)13-24(12-14-6-8-15(21)9-7-14)18(26)11-22-19(27)16-5-4-10-28-16/h4-10H,11-13H2,1-3H3,(H,22,27)(H,23,25). The molecular formula is C20H24FN3O3S. The third kappa shape index (κ3) is 7.11. The van der Waals surface area contributed by atoms with Gasteiger partial charge in [0.05, 0.1) is 18.0 Å². The second-order valence-electron chi connectivity index (χ2n) is 7.33. The average Bonchev–Trinajstić information content (AvgIpc) is 3.13. The molecule has 2 rings (SSSR count). The van der Waals surface area contributed by atoms with E-state index >= 15 is 0 Å². The maximum absolute atomic E-state index is 13.1. The van der Waals surface area contributed by atoms with E-state index in [1.54, 1.807) is 29.6 Å². The zero-order valence-corrected chi connectivity index (χ0v) is 16.9. The van der Waals surface area contributed by atoms with Gasteiger partial charge in [-0.05, 0) is 49.9 Å². The highest BCUT2D eigenvalue weighted by Gasteiger charge is 2.21. The minimum absolute atomic E-state index is 0.131. The van der Waals surface area contributed by atoms with Crippen LogP contribution in [0.5, 0.6) is 0 Å². The summed E-state index contributed by atoms with van der Waals surface area (Å²) in [6, 6.07) is 9.12. The molecule has 150 valence electrons. The first-order valence-electron chi connectivity index (χ1n) is 8.79. The molecule has 2 aromatic rings. The van der Waals surface area contributed by atoms with E-state index in [0.29, 0.717) is 10.4 Å². The van der Waals surface area contributed by atoms with Gasteiger partial charge in [0.2, 0.25) is 11.8 Å². The van der Waals surface area contributed by atoms with E-state index in [4.69, 9.17) is 0 Å². The highest BCUT2D eigenvalue weighted by Crippen LogP contribution is 2.09. The van der Waals surface area contributed by atoms with Crippen molar-refractivity contribution in [1.29, 1.82) is 0 Å². The number of carbonyl (C=O) groups is 3. The summed E-state index contributed by atoms with van der Waals surface area (Å²) in [5.41, 5.74) is 0.248. The van der Waals surface area contributed by atoms with E-state index in [2.05, 4.69) is 10.6 Å². The van der Waals surface area contributed by atoms with Crippen molar-refractivity contribution in [3.8, 4) is 0 Å². The van der Waals surface area contributed by atoms with Gasteiger partial charge < -0.3 is 15.5 Å². The summed E-state index contributed by atoms with van der Waals surface area (Å²) in [6.45, 7) is 5.27. The Hall–Kier alpha value is -2.74. The predicted molar refractivity (Wildman–Crippen MR) is 106 cm³/mol. The lowest BCUT2D eigenvalue weighted by Crippen LogP contribution is -2.48. The van der Waals surface area contributed by atoms with E-state index < -0.39 is 11.4 Å². The Morgan fingerprint density at radius 3 is 2.36 bits per heavy atom. The molecule has 1 heterocycles. The molecule has 0 aliphatic carbocycles. The van der Waals surface area contributed by atoms with Crippen LogP contribution in [0, 0.1) is 5.82 Å². The molecular weight excluding hydrogens is 381 g/mol. The molecule has 0 saturated heterocycles. The summed E-state index contributed by atoms with van der Waals surface area (Å²) in [5.74, 6) is -1.44. The van der Waals surface area contributed by atoms with Crippen molar-refractivity contribution in [3.05, 3.63) is 58.0 Å². The smallest absolute Gasteiger partial charge is 0.261 e. The summed E-state index contributed by atoms with van der Waals surface area (Å²) in [6.07, 6.45) is 0. The van der Waals surface area contributed by atoms with E-state index in [0.717, 1.165) is 0 Å². The van der Waals surface area contributed by atoms with Gasteiger partial charge in [-0.1, -0.05) is 18.2 Å². The lowest BCUT2D eigenvalue weighted by molar-refractivity contribution is -0.136. The average molecular weight is 405 g/mol. The first kappa shape index (κ1) is 21.6. The van der Waals surface area contributed by atoms with Crippen LogP contribution in [0.15, 0.2) is 41.8 Å². The molecule has 0 aliphatic heterocycles. The van der Waals surface area contributed by atoms with Crippen molar-refractivity contribution in [1.82, 2.24) is 15.5 Å². The molecule has 0 spiro atoms. The Balaban J connectivity index is 2.04. The van der Waals surface area contributed by atoms with E-state index in [-0.39, 0.29) is 37.3 Å². The van der Waals surface area contributed by atoms with Crippen LogP contribution in [0.4, 0.5) is 4.39 Å². The molecule has 0 saturated carbocycles. The van der Waals surface area contributed by atoms with Crippen LogP contribution in [-0.4, -0.2) is 41.2 Å². The molecule has 1 aromatic carbocycles. The Kier molecular flexibility index (Phi) is 7.28. The Morgan fingerprint density at radius 2 is 1.79 bits per heavy atom. The zero-order chi connectivity index (χ0) is 20.7. The first-order valence-corrected chi connectivity index (χ1v) is 9.67. The molecule has 0 bridgehead atoms. The molecule has 0 aliphatic rings. The highest BCUT2D eigenvalue weighted by atomic mass is 32.1. The highest BCUT2D eigenvalue weighted by molar-refractivity contribution is 7.12. The SMILES string of the molecule is CC(C)(C)NC(=O)CN(Cc1ccc(F)cc1)C(=O)CNC(=O)c1cccs1. The number of nitrogens with zero attached hydrogens (tertiary/aromatic N) is 1. The molecule has 28 heavy (non-hydrogen) atoms. The van der Waals surface area contributed by atoms with Gasteiger partial charge in [-0.2, -0.15) is 0 Å². The van der Waals surface area contributed by atoms with Gasteiger partial charge in [0.25, 0.3) is 5.91 Å². The van der Waals surface area contributed by atoms with Gasteiger partial charge in [0.15, 0.2) is 0 Å².